The maximum absolute atomic E-state index is 11.9. The molecule has 2 aromatic carbocycles. The van der Waals surface area contributed by atoms with Gasteiger partial charge in [-0.05, 0) is 36.4 Å². The first-order chi connectivity index (χ1) is 13.7. The van der Waals surface area contributed by atoms with Gasteiger partial charge in [0.05, 0.1) is 15.7 Å². The Hall–Kier alpha value is -2.00. The average molecular weight is 524 g/mol. The lowest BCUT2D eigenvalue weighted by Gasteiger charge is -2.10. The fraction of sp³-hybridized carbons (Fsp3) is 0.167. The van der Waals surface area contributed by atoms with Crippen LogP contribution in [-0.4, -0.2) is 24.3 Å². The van der Waals surface area contributed by atoms with E-state index in [2.05, 4.69) is 32.1 Å². The van der Waals surface area contributed by atoms with E-state index in [4.69, 9.17) is 39.5 Å². The van der Waals surface area contributed by atoms with Gasteiger partial charge >= 0.3 is 0 Å². The Morgan fingerprint density at radius 1 is 0.862 bits per heavy atom. The largest absolute Gasteiger partial charge is 0.482 e. The summed E-state index contributed by atoms with van der Waals surface area (Å²) in [7, 11) is 0. The molecule has 3 amide bonds. The Balaban J connectivity index is 1.68. The highest BCUT2D eigenvalue weighted by Crippen LogP contribution is 2.27. The van der Waals surface area contributed by atoms with Gasteiger partial charge in [0, 0.05) is 22.3 Å². The summed E-state index contributed by atoms with van der Waals surface area (Å²) in [5.41, 5.74) is 4.77. The second-order valence-electron chi connectivity index (χ2n) is 5.63. The zero-order chi connectivity index (χ0) is 21.4. The molecule has 0 fully saturated rings. The van der Waals surface area contributed by atoms with Crippen LogP contribution in [0.3, 0.4) is 0 Å². The molecule has 0 aliphatic rings. The maximum atomic E-state index is 11.9. The quantitative estimate of drug-likeness (QED) is 0.470. The molecule has 0 aliphatic heterocycles. The predicted octanol–water partition coefficient (Wildman–Crippen LogP) is 4.35. The number of ether oxygens (including phenoxy) is 1. The van der Waals surface area contributed by atoms with Crippen LogP contribution in [0.25, 0.3) is 0 Å². The summed E-state index contributed by atoms with van der Waals surface area (Å²) in [6.07, 6.45) is -0.248. The minimum absolute atomic E-state index is 0.105. The van der Waals surface area contributed by atoms with Crippen LogP contribution in [0.15, 0.2) is 40.9 Å². The van der Waals surface area contributed by atoms with Gasteiger partial charge in [-0.3, -0.25) is 25.2 Å². The molecular formula is C18H15BrCl3N3O4. The smallest absolute Gasteiger partial charge is 0.276 e. The number of hydrazine groups is 1. The fourth-order valence-corrected chi connectivity index (χ4v) is 3.19. The molecule has 0 heterocycles. The second-order valence-corrected chi connectivity index (χ2v) is 7.80. The molecular weight excluding hydrogens is 508 g/mol. The molecule has 0 spiro atoms. The van der Waals surface area contributed by atoms with Crippen LogP contribution in [0.2, 0.25) is 15.1 Å². The van der Waals surface area contributed by atoms with Crippen LogP contribution < -0.4 is 20.9 Å². The molecule has 0 radical (unpaired) electrons. The van der Waals surface area contributed by atoms with Crippen LogP contribution in [0.1, 0.15) is 12.8 Å². The summed E-state index contributed by atoms with van der Waals surface area (Å²) in [4.78, 5) is 35.4. The Morgan fingerprint density at radius 2 is 1.55 bits per heavy atom. The number of amides is 3. The highest BCUT2D eigenvalue weighted by atomic mass is 79.9. The van der Waals surface area contributed by atoms with Crippen molar-refractivity contribution in [3.8, 4) is 5.75 Å². The molecule has 3 N–H and O–H groups in total. The first-order valence-corrected chi connectivity index (χ1v) is 10.1. The van der Waals surface area contributed by atoms with Crippen molar-refractivity contribution < 1.29 is 19.1 Å². The molecule has 29 heavy (non-hydrogen) atoms. The van der Waals surface area contributed by atoms with Crippen molar-refractivity contribution in [2.75, 3.05) is 11.9 Å². The summed E-state index contributed by atoms with van der Waals surface area (Å²) >= 11 is 21.0. The maximum Gasteiger partial charge on any atom is 0.276 e. The van der Waals surface area contributed by atoms with Gasteiger partial charge < -0.3 is 10.1 Å². The molecule has 11 heteroatoms. The molecule has 0 saturated carbocycles. The van der Waals surface area contributed by atoms with Gasteiger partial charge in [0.1, 0.15) is 5.75 Å². The Kier molecular flexibility index (Phi) is 9.03. The topological polar surface area (TPSA) is 96.5 Å². The van der Waals surface area contributed by atoms with Crippen LogP contribution in [-0.2, 0) is 14.4 Å². The van der Waals surface area contributed by atoms with E-state index in [1.807, 2.05) is 0 Å². The van der Waals surface area contributed by atoms with Gasteiger partial charge in [0.15, 0.2) is 6.61 Å². The molecule has 0 aromatic heterocycles. The summed E-state index contributed by atoms with van der Waals surface area (Å²) in [5.74, 6) is -1.22. The number of hydrogen-bond acceptors (Lipinski definition) is 4. The number of carbonyl (C=O) groups excluding carboxylic acids is 3. The van der Waals surface area contributed by atoms with Gasteiger partial charge in [0.25, 0.3) is 5.91 Å². The van der Waals surface area contributed by atoms with Gasteiger partial charge in [-0.1, -0.05) is 50.7 Å². The first kappa shape index (κ1) is 23.3. The zero-order valence-electron chi connectivity index (χ0n) is 14.7. The molecule has 0 atom stereocenters. The minimum atomic E-state index is -0.588. The molecule has 2 aromatic rings. The van der Waals surface area contributed by atoms with Crippen molar-refractivity contribution >= 4 is 74.1 Å². The van der Waals surface area contributed by atoms with Crippen LogP contribution in [0.5, 0.6) is 5.75 Å². The van der Waals surface area contributed by atoms with Crippen molar-refractivity contribution in [3.05, 3.63) is 55.9 Å². The van der Waals surface area contributed by atoms with Gasteiger partial charge in [-0.2, -0.15) is 0 Å². The molecule has 7 nitrogen and oxygen atoms in total. The Bertz CT molecular complexity index is 927. The normalized spacial score (nSPS) is 10.2. The number of halogens is 4. The lowest BCUT2D eigenvalue weighted by atomic mass is 10.2. The highest BCUT2D eigenvalue weighted by molar-refractivity contribution is 9.10. The van der Waals surface area contributed by atoms with Crippen LogP contribution in [0.4, 0.5) is 5.69 Å². The van der Waals surface area contributed by atoms with E-state index in [1.165, 1.54) is 6.07 Å². The Morgan fingerprint density at radius 3 is 2.24 bits per heavy atom. The van der Waals surface area contributed by atoms with Gasteiger partial charge in [-0.15, -0.1) is 0 Å². The number of rotatable bonds is 7. The first-order valence-electron chi connectivity index (χ1n) is 8.15. The second kappa shape index (κ2) is 11.3. The molecule has 0 aliphatic carbocycles. The van der Waals surface area contributed by atoms with Crippen molar-refractivity contribution in [2.45, 2.75) is 12.8 Å². The molecule has 2 rings (SSSR count). The van der Waals surface area contributed by atoms with E-state index in [-0.39, 0.29) is 24.5 Å². The number of carbonyl (C=O) groups is 3. The summed E-state index contributed by atoms with van der Waals surface area (Å²) < 4.78 is 6.04. The molecule has 0 bridgehead atoms. The summed E-state index contributed by atoms with van der Waals surface area (Å²) in [5, 5.41) is 3.63. The van der Waals surface area contributed by atoms with Crippen LogP contribution in [0, 0.1) is 0 Å². The Labute approximate surface area is 190 Å². The standard InChI is InChI=1S/C18H15BrCl3N3O4/c19-10-1-4-15(13(22)7-10)29-9-18(28)25-24-17(27)6-5-16(26)23-14-3-2-11(20)8-12(14)21/h1-4,7-8H,5-6,9H2,(H,23,26)(H,24,27)(H,25,28). The number of anilines is 1. The SMILES string of the molecule is O=C(CCC(=O)Nc1ccc(Cl)cc1Cl)NNC(=O)COc1ccc(Br)cc1Cl. The lowest BCUT2D eigenvalue weighted by Crippen LogP contribution is -2.44. The van der Waals surface area contributed by atoms with E-state index in [9.17, 15) is 14.4 Å². The van der Waals surface area contributed by atoms with Gasteiger partial charge in [0.2, 0.25) is 11.8 Å². The average Bonchev–Trinajstić information content (AvgIpc) is 2.66. The zero-order valence-corrected chi connectivity index (χ0v) is 18.6. The summed E-state index contributed by atoms with van der Waals surface area (Å²) in [6, 6.07) is 9.56. The van der Waals surface area contributed by atoms with E-state index >= 15 is 0 Å². The van der Waals surface area contributed by atoms with Gasteiger partial charge in [-0.25, -0.2) is 0 Å². The van der Waals surface area contributed by atoms with Crippen molar-refractivity contribution in [3.63, 3.8) is 0 Å². The van der Waals surface area contributed by atoms with Crippen LogP contribution >= 0.6 is 50.7 Å². The van der Waals surface area contributed by atoms with Crippen molar-refractivity contribution in [1.29, 1.82) is 0 Å². The molecule has 154 valence electrons. The van der Waals surface area contributed by atoms with E-state index in [0.717, 1.165) is 4.47 Å². The number of hydrogen-bond donors (Lipinski definition) is 3. The van der Waals surface area contributed by atoms with E-state index < -0.39 is 17.7 Å². The monoisotopic (exact) mass is 521 g/mol. The fourth-order valence-electron chi connectivity index (χ4n) is 2.00. The summed E-state index contributed by atoms with van der Waals surface area (Å²) in [6.45, 7) is -0.350. The molecule has 0 saturated heterocycles. The number of benzene rings is 2. The van der Waals surface area contributed by atoms with Crippen molar-refractivity contribution in [2.24, 2.45) is 0 Å². The highest BCUT2D eigenvalue weighted by Gasteiger charge is 2.11. The minimum Gasteiger partial charge on any atom is -0.482 e. The number of nitrogens with one attached hydrogen (secondary N) is 3. The van der Waals surface area contributed by atoms with E-state index in [1.54, 1.807) is 30.3 Å². The lowest BCUT2D eigenvalue weighted by molar-refractivity contribution is -0.130. The van der Waals surface area contributed by atoms with Crippen molar-refractivity contribution in [1.82, 2.24) is 10.9 Å². The third-order valence-corrected chi connectivity index (χ3v) is 4.71. The van der Waals surface area contributed by atoms with E-state index in [0.29, 0.717) is 21.5 Å². The third-order valence-electron chi connectivity index (χ3n) is 3.38. The third kappa shape index (κ3) is 8.10. The predicted molar refractivity (Wildman–Crippen MR) is 115 cm³/mol. The molecule has 0 unspecified atom stereocenters.